The average molecular weight is 258 g/mol. The Morgan fingerprint density at radius 2 is 2.00 bits per heavy atom. The normalized spacial score (nSPS) is 10.4. The van der Waals surface area contributed by atoms with Crippen LogP contribution in [-0.2, 0) is 0 Å². The standard InChI is InChI=1S/C15H18N2S/c1-4-16-15-10-13(7-8-17-15)18-14-9-11(2)5-6-12(14)3/h5-10H,4H2,1-3H3,(H,16,17). The van der Waals surface area contributed by atoms with Crippen molar-refractivity contribution in [2.75, 3.05) is 11.9 Å². The fourth-order valence-corrected chi connectivity index (χ4v) is 2.72. The Morgan fingerprint density at radius 1 is 1.17 bits per heavy atom. The first-order chi connectivity index (χ1) is 8.69. The monoisotopic (exact) mass is 258 g/mol. The Labute approximate surface area is 113 Å². The van der Waals surface area contributed by atoms with Gasteiger partial charge in [0.05, 0.1) is 0 Å². The summed E-state index contributed by atoms with van der Waals surface area (Å²) in [6.45, 7) is 7.24. The van der Waals surface area contributed by atoms with Gasteiger partial charge in [0.2, 0.25) is 0 Å². The van der Waals surface area contributed by atoms with Gasteiger partial charge in [-0.2, -0.15) is 0 Å². The summed E-state index contributed by atoms with van der Waals surface area (Å²) >= 11 is 1.79. The molecule has 0 spiro atoms. The van der Waals surface area contributed by atoms with Crippen molar-refractivity contribution in [3.05, 3.63) is 47.7 Å². The zero-order valence-electron chi connectivity index (χ0n) is 11.0. The minimum atomic E-state index is 0.893. The molecular weight excluding hydrogens is 240 g/mol. The second kappa shape index (κ2) is 5.91. The molecule has 3 heteroatoms. The van der Waals surface area contributed by atoms with Crippen molar-refractivity contribution in [1.82, 2.24) is 4.98 Å². The van der Waals surface area contributed by atoms with Gasteiger partial charge in [0.15, 0.2) is 0 Å². The van der Waals surface area contributed by atoms with E-state index in [-0.39, 0.29) is 0 Å². The first-order valence-corrected chi connectivity index (χ1v) is 6.95. The van der Waals surface area contributed by atoms with Crippen molar-refractivity contribution < 1.29 is 0 Å². The topological polar surface area (TPSA) is 24.9 Å². The van der Waals surface area contributed by atoms with Crippen LogP contribution in [0.5, 0.6) is 0 Å². The first-order valence-electron chi connectivity index (χ1n) is 6.14. The summed E-state index contributed by atoms with van der Waals surface area (Å²) in [5.74, 6) is 0.938. The van der Waals surface area contributed by atoms with Crippen molar-refractivity contribution in [1.29, 1.82) is 0 Å². The number of pyridine rings is 1. The molecule has 1 aromatic heterocycles. The summed E-state index contributed by atoms with van der Waals surface area (Å²) in [5, 5.41) is 3.24. The SMILES string of the molecule is CCNc1cc(Sc2cc(C)ccc2C)ccn1. The van der Waals surface area contributed by atoms with Gasteiger partial charge in [-0.15, -0.1) is 0 Å². The van der Waals surface area contributed by atoms with Crippen LogP contribution in [0.2, 0.25) is 0 Å². The maximum absolute atomic E-state index is 4.29. The summed E-state index contributed by atoms with van der Waals surface area (Å²) in [4.78, 5) is 6.81. The van der Waals surface area contributed by atoms with Crippen LogP contribution in [0.15, 0.2) is 46.3 Å². The maximum atomic E-state index is 4.29. The molecule has 1 heterocycles. The van der Waals surface area contributed by atoms with Crippen LogP contribution < -0.4 is 5.32 Å². The van der Waals surface area contributed by atoms with Crippen molar-refractivity contribution >= 4 is 17.6 Å². The fraction of sp³-hybridized carbons (Fsp3) is 0.267. The zero-order valence-corrected chi connectivity index (χ0v) is 11.8. The van der Waals surface area contributed by atoms with E-state index >= 15 is 0 Å². The predicted octanol–water partition coefficient (Wildman–Crippen LogP) is 4.28. The minimum Gasteiger partial charge on any atom is -0.370 e. The summed E-state index contributed by atoms with van der Waals surface area (Å²) < 4.78 is 0. The lowest BCUT2D eigenvalue weighted by Crippen LogP contribution is -1.98. The highest BCUT2D eigenvalue weighted by Gasteiger charge is 2.03. The van der Waals surface area contributed by atoms with E-state index in [9.17, 15) is 0 Å². The maximum Gasteiger partial charge on any atom is 0.126 e. The lowest BCUT2D eigenvalue weighted by Gasteiger charge is -2.08. The lowest BCUT2D eigenvalue weighted by molar-refractivity contribution is 1.14. The zero-order chi connectivity index (χ0) is 13.0. The van der Waals surface area contributed by atoms with Crippen molar-refractivity contribution in [2.45, 2.75) is 30.6 Å². The van der Waals surface area contributed by atoms with Gasteiger partial charge in [-0.05, 0) is 50.1 Å². The fourth-order valence-electron chi connectivity index (χ4n) is 1.70. The molecule has 0 aliphatic carbocycles. The summed E-state index contributed by atoms with van der Waals surface area (Å²) in [7, 11) is 0. The lowest BCUT2D eigenvalue weighted by atomic mass is 10.2. The van der Waals surface area contributed by atoms with Crippen LogP contribution >= 0.6 is 11.8 Å². The van der Waals surface area contributed by atoms with Gasteiger partial charge in [-0.1, -0.05) is 23.9 Å². The van der Waals surface area contributed by atoms with E-state index in [4.69, 9.17) is 0 Å². The first kappa shape index (κ1) is 13.0. The van der Waals surface area contributed by atoms with Crippen LogP contribution in [0.4, 0.5) is 5.82 Å². The Kier molecular flexibility index (Phi) is 4.26. The number of hydrogen-bond acceptors (Lipinski definition) is 3. The van der Waals surface area contributed by atoms with E-state index in [2.05, 4.69) is 55.3 Å². The molecule has 1 aromatic carbocycles. The number of hydrogen-bond donors (Lipinski definition) is 1. The summed E-state index contributed by atoms with van der Waals surface area (Å²) in [5.41, 5.74) is 2.61. The molecule has 18 heavy (non-hydrogen) atoms. The number of anilines is 1. The Balaban J connectivity index is 2.22. The highest BCUT2D eigenvalue weighted by atomic mass is 32.2. The molecule has 0 unspecified atom stereocenters. The minimum absolute atomic E-state index is 0.893. The van der Waals surface area contributed by atoms with Crippen LogP contribution in [0.25, 0.3) is 0 Å². The summed E-state index contributed by atoms with van der Waals surface area (Å²) in [6.07, 6.45) is 1.85. The van der Waals surface area contributed by atoms with Crippen LogP contribution in [0.1, 0.15) is 18.1 Å². The average Bonchev–Trinajstić information content (AvgIpc) is 2.35. The number of aromatic nitrogens is 1. The van der Waals surface area contributed by atoms with E-state index < -0.39 is 0 Å². The van der Waals surface area contributed by atoms with Crippen molar-refractivity contribution in [3.8, 4) is 0 Å². The third kappa shape index (κ3) is 3.26. The van der Waals surface area contributed by atoms with Crippen LogP contribution in [-0.4, -0.2) is 11.5 Å². The number of rotatable bonds is 4. The van der Waals surface area contributed by atoms with E-state index in [1.54, 1.807) is 11.8 Å². The molecular formula is C15H18N2S. The second-order valence-electron chi connectivity index (χ2n) is 4.28. The number of nitrogens with one attached hydrogen (secondary N) is 1. The molecule has 0 saturated carbocycles. The predicted molar refractivity (Wildman–Crippen MR) is 78.4 cm³/mol. The highest BCUT2D eigenvalue weighted by molar-refractivity contribution is 7.99. The summed E-state index contributed by atoms with van der Waals surface area (Å²) in [6, 6.07) is 10.7. The molecule has 0 amide bonds. The smallest absolute Gasteiger partial charge is 0.126 e. The molecule has 0 aliphatic rings. The Hall–Kier alpha value is -1.48. The van der Waals surface area contributed by atoms with Gasteiger partial charge in [0.1, 0.15) is 5.82 Å². The quantitative estimate of drug-likeness (QED) is 0.886. The number of nitrogens with zero attached hydrogens (tertiary/aromatic N) is 1. The largest absolute Gasteiger partial charge is 0.370 e. The highest BCUT2D eigenvalue weighted by Crippen LogP contribution is 2.31. The number of aryl methyl sites for hydroxylation is 2. The van der Waals surface area contributed by atoms with Gasteiger partial charge in [-0.3, -0.25) is 0 Å². The number of benzene rings is 1. The third-order valence-electron chi connectivity index (χ3n) is 2.66. The van der Waals surface area contributed by atoms with Gasteiger partial charge in [0.25, 0.3) is 0 Å². The van der Waals surface area contributed by atoms with Crippen LogP contribution in [0.3, 0.4) is 0 Å². The molecule has 0 aliphatic heterocycles. The van der Waals surface area contributed by atoms with E-state index in [0.29, 0.717) is 0 Å². The Bertz CT molecular complexity index is 538. The van der Waals surface area contributed by atoms with Crippen LogP contribution in [0, 0.1) is 13.8 Å². The van der Waals surface area contributed by atoms with Gasteiger partial charge >= 0.3 is 0 Å². The van der Waals surface area contributed by atoms with Crippen molar-refractivity contribution in [2.24, 2.45) is 0 Å². The molecule has 0 fully saturated rings. The molecule has 2 aromatic rings. The van der Waals surface area contributed by atoms with E-state index in [0.717, 1.165) is 12.4 Å². The molecule has 2 nitrogen and oxygen atoms in total. The molecule has 0 bridgehead atoms. The van der Waals surface area contributed by atoms with E-state index in [1.807, 2.05) is 12.3 Å². The van der Waals surface area contributed by atoms with Gasteiger partial charge < -0.3 is 5.32 Å². The molecule has 2 rings (SSSR count). The van der Waals surface area contributed by atoms with Gasteiger partial charge in [0, 0.05) is 22.5 Å². The second-order valence-corrected chi connectivity index (χ2v) is 5.39. The molecule has 94 valence electrons. The molecule has 1 N–H and O–H groups in total. The van der Waals surface area contributed by atoms with E-state index in [1.165, 1.54) is 20.9 Å². The molecule has 0 radical (unpaired) electrons. The van der Waals surface area contributed by atoms with Gasteiger partial charge in [-0.25, -0.2) is 4.98 Å². The van der Waals surface area contributed by atoms with Crippen molar-refractivity contribution in [3.63, 3.8) is 0 Å². The molecule has 0 saturated heterocycles. The molecule has 0 atom stereocenters. The third-order valence-corrected chi connectivity index (χ3v) is 3.81. The Morgan fingerprint density at radius 3 is 2.78 bits per heavy atom.